The van der Waals surface area contributed by atoms with Crippen molar-refractivity contribution in [3.63, 3.8) is 0 Å². The van der Waals surface area contributed by atoms with Gasteiger partial charge in [-0.05, 0) is 25.8 Å². The van der Waals surface area contributed by atoms with Crippen molar-refractivity contribution in [1.82, 2.24) is 5.32 Å². The van der Waals surface area contributed by atoms with E-state index in [1.807, 2.05) is 6.92 Å². The maximum Gasteiger partial charge on any atom is 0.123 e. The van der Waals surface area contributed by atoms with Gasteiger partial charge in [-0.2, -0.15) is 0 Å². The Balaban J connectivity index is 0.000000810. The maximum absolute atomic E-state index is 13.2. The predicted molar refractivity (Wildman–Crippen MR) is 43.5 cm³/mol. The summed E-state index contributed by atoms with van der Waals surface area (Å²) in [5.41, 5.74) is -0.891. The Labute approximate surface area is 67.8 Å². The molecule has 0 aliphatic carbocycles. The van der Waals surface area contributed by atoms with E-state index in [-0.39, 0.29) is 12.4 Å². The van der Waals surface area contributed by atoms with Crippen LogP contribution in [-0.2, 0) is 0 Å². The maximum atomic E-state index is 13.2. The summed E-state index contributed by atoms with van der Waals surface area (Å²) in [5, 5.41) is 3.05. The number of halogens is 2. The summed E-state index contributed by atoms with van der Waals surface area (Å²) in [6.07, 6.45) is 2.39. The smallest absolute Gasteiger partial charge is 0.123 e. The van der Waals surface area contributed by atoms with E-state index in [2.05, 4.69) is 5.32 Å². The van der Waals surface area contributed by atoms with Gasteiger partial charge in [-0.25, -0.2) is 4.39 Å². The van der Waals surface area contributed by atoms with Crippen molar-refractivity contribution in [2.75, 3.05) is 13.1 Å². The van der Waals surface area contributed by atoms with E-state index in [9.17, 15) is 4.39 Å². The molecule has 1 aliphatic heterocycles. The highest BCUT2D eigenvalue weighted by molar-refractivity contribution is 5.85. The van der Waals surface area contributed by atoms with Gasteiger partial charge in [0, 0.05) is 6.54 Å². The number of hydrogen-bond donors (Lipinski definition) is 1. The van der Waals surface area contributed by atoms with Crippen LogP contribution in [0.25, 0.3) is 0 Å². The van der Waals surface area contributed by atoms with Gasteiger partial charge in [-0.15, -0.1) is 12.4 Å². The van der Waals surface area contributed by atoms with Gasteiger partial charge in [0.15, 0.2) is 0 Å². The number of hydrogen-bond acceptors (Lipinski definition) is 1. The number of nitrogens with one attached hydrogen (secondary N) is 1. The van der Waals surface area contributed by atoms with Crippen molar-refractivity contribution in [1.29, 1.82) is 0 Å². The Hall–Kier alpha value is 0.180. The zero-order chi connectivity index (χ0) is 6.74. The van der Waals surface area contributed by atoms with E-state index in [1.54, 1.807) is 0 Å². The quantitative estimate of drug-likeness (QED) is 0.629. The van der Waals surface area contributed by atoms with Crippen LogP contribution in [0.5, 0.6) is 0 Å². The first-order valence-corrected chi connectivity index (χ1v) is 3.66. The standard InChI is InChI=1S/C7H14FN.ClH/c1-2-7(8)4-3-5-9-6-7;/h9H,2-6H2,1H3;1H. The van der Waals surface area contributed by atoms with Crippen LogP contribution in [0.3, 0.4) is 0 Å². The van der Waals surface area contributed by atoms with Crippen molar-refractivity contribution in [3.8, 4) is 0 Å². The second-order valence-electron chi connectivity index (χ2n) is 2.78. The predicted octanol–water partition coefficient (Wildman–Crippen LogP) is 1.91. The highest BCUT2D eigenvalue weighted by Crippen LogP contribution is 2.23. The van der Waals surface area contributed by atoms with Crippen molar-refractivity contribution in [3.05, 3.63) is 0 Å². The molecular weight excluding hydrogens is 153 g/mol. The monoisotopic (exact) mass is 167 g/mol. The molecule has 1 N–H and O–H groups in total. The Bertz CT molecular complexity index is 91.6. The average molecular weight is 168 g/mol. The van der Waals surface area contributed by atoms with E-state index in [0.717, 1.165) is 19.4 Å². The lowest BCUT2D eigenvalue weighted by atomic mass is 9.94. The number of alkyl halides is 1. The minimum Gasteiger partial charge on any atom is -0.314 e. The first-order valence-electron chi connectivity index (χ1n) is 3.66. The minimum absolute atomic E-state index is 0. The van der Waals surface area contributed by atoms with Crippen molar-refractivity contribution in [2.45, 2.75) is 31.9 Å². The van der Waals surface area contributed by atoms with Crippen LogP contribution in [0, 0.1) is 0 Å². The molecule has 1 saturated heterocycles. The second kappa shape index (κ2) is 4.14. The fraction of sp³-hybridized carbons (Fsp3) is 1.00. The Morgan fingerprint density at radius 3 is 2.60 bits per heavy atom. The third kappa shape index (κ3) is 2.43. The lowest BCUT2D eigenvalue weighted by Gasteiger charge is -2.28. The van der Waals surface area contributed by atoms with Crippen LogP contribution in [-0.4, -0.2) is 18.8 Å². The highest BCUT2D eigenvalue weighted by atomic mass is 35.5. The average Bonchev–Trinajstić information content (AvgIpc) is 1.90. The van der Waals surface area contributed by atoms with Gasteiger partial charge < -0.3 is 5.32 Å². The SMILES string of the molecule is CCC1(F)CCCNC1.Cl. The molecule has 1 atom stereocenters. The zero-order valence-corrected chi connectivity index (χ0v) is 7.14. The van der Waals surface area contributed by atoms with Gasteiger partial charge in [0.25, 0.3) is 0 Å². The molecule has 1 fully saturated rings. The molecule has 1 heterocycles. The van der Waals surface area contributed by atoms with Crippen molar-refractivity contribution < 1.29 is 4.39 Å². The Kier molecular flexibility index (Phi) is 4.22. The molecule has 10 heavy (non-hydrogen) atoms. The first kappa shape index (κ1) is 10.2. The van der Waals surface area contributed by atoms with Crippen LogP contribution in [0.2, 0.25) is 0 Å². The van der Waals surface area contributed by atoms with Gasteiger partial charge in [0.1, 0.15) is 5.67 Å². The summed E-state index contributed by atoms with van der Waals surface area (Å²) in [6.45, 7) is 3.46. The number of rotatable bonds is 1. The molecule has 0 aromatic rings. The van der Waals surface area contributed by atoms with Crippen LogP contribution >= 0.6 is 12.4 Å². The molecule has 0 spiro atoms. The third-order valence-corrected chi connectivity index (χ3v) is 2.05. The molecule has 0 aromatic heterocycles. The van der Waals surface area contributed by atoms with Gasteiger partial charge in [-0.3, -0.25) is 0 Å². The van der Waals surface area contributed by atoms with Crippen LogP contribution in [0.1, 0.15) is 26.2 Å². The van der Waals surface area contributed by atoms with Gasteiger partial charge >= 0.3 is 0 Å². The molecule has 3 heteroatoms. The minimum atomic E-state index is -0.891. The summed E-state index contributed by atoms with van der Waals surface area (Å²) in [4.78, 5) is 0. The summed E-state index contributed by atoms with van der Waals surface area (Å²) < 4.78 is 13.2. The summed E-state index contributed by atoms with van der Waals surface area (Å²) >= 11 is 0. The van der Waals surface area contributed by atoms with Crippen LogP contribution in [0.4, 0.5) is 4.39 Å². The first-order chi connectivity index (χ1) is 4.27. The molecule has 1 rings (SSSR count). The van der Waals surface area contributed by atoms with E-state index in [0.29, 0.717) is 13.0 Å². The molecule has 1 unspecified atom stereocenters. The molecule has 0 radical (unpaired) electrons. The van der Waals surface area contributed by atoms with Gasteiger partial charge in [0.2, 0.25) is 0 Å². The highest BCUT2D eigenvalue weighted by Gasteiger charge is 2.28. The zero-order valence-electron chi connectivity index (χ0n) is 6.32. The largest absolute Gasteiger partial charge is 0.314 e. The number of piperidine rings is 1. The molecule has 1 aliphatic rings. The van der Waals surface area contributed by atoms with Crippen LogP contribution < -0.4 is 5.32 Å². The molecule has 0 bridgehead atoms. The molecular formula is C7H15ClFN. The fourth-order valence-corrected chi connectivity index (χ4v) is 1.23. The van der Waals surface area contributed by atoms with Gasteiger partial charge in [-0.1, -0.05) is 6.92 Å². The molecule has 0 saturated carbocycles. The summed E-state index contributed by atoms with van der Waals surface area (Å²) in [6, 6.07) is 0. The molecule has 0 amide bonds. The normalized spacial score (nSPS) is 33.0. The van der Waals surface area contributed by atoms with Crippen molar-refractivity contribution >= 4 is 12.4 Å². The van der Waals surface area contributed by atoms with E-state index < -0.39 is 5.67 Å². The van der Waals surface area contributed by atoms with Crippen LogP contribution in [0.15, 0.2) is 0 Å². The van der Waals surface area contributed by atoms with E-state index in [1.165, 1.54) is 0 Å². The lowest BCUT2D eigenvalue weighted by Crippen LogP contribution is -2.41. The lowest BCUT2D eigenvalue weighted by molar-refractivity contribution is 0.117. The summed E-state index contributed by atoms with van der Waals surface area (Å²) in [7, 11) is 0. The fourth-order valence-electron chi connectivity index (χ4n) is 1.23. The van der Waals surface area contributed by atoms with E-state index >= 15 is 0 Å². The van der Waals surface area contributed by atoms with E-state index in [4.69, 9.17) is 0 Å². The van der Waals surface area contributed by atoms with Gasteiger partial charge in [0.05, 0.1) is 0 Å². The Morgan fingerprint density at radius 2 is 2.30 bits per heavy atom. The summed E-state index contributed by atoms with van der Waals surface area (Å²) in [5.74, 6) is 0. The topological polar surface area (TPSA) is 12.0 Å². The molecule has 0 aromatic carbocycles. The third-order valence-electron chi connectivity index (χ3n) is 2.05. The molecule has 62 valence electrons. The Morgan fingerprint density at radius 1 is 1.60 bits per heavy atom. The molecule has 1 nitrogen and oxygen atoms in total. The van der Waals surface area contributed by atoms with Crippen molar-refractivity contribution in [2.24, 2.45) is 0 Å². The second-order valence-corrected chi connectivity index (χ2v) is 2.78.